The summed E-state index contributed by atoms with van der Waals surface area (Å²) in [6.07, 6.45) is 0.902. The van der Waals surface area contributed by atoms with Crippen molar-refractivity contribution in [1.29, 1.82) is 0 Å². The number of hydrogen-bond acceptors (Lipinski definition) is 3. The van der Waals surface area contributed by atoms with Gasteiger partial charge in [0.15, 0.2) is 0 Å². The number of amides is 2. The first kappa shape index (κ1) is 22.4. The molecule has 2 amide bonds. The van der Waals surface area contributed by atoms with Crippen LogP contribution in [0.3, 0.4) is 0 Å². The van der Waals surface area contributed by atoms with Crippen LogP contribution in [0, 0.1) is 18.8 Å². The number of carbonyl (C=O) groups is 2. The number of nitrogens with zero attached hydrogens (tertiary/aromatic N) is 3. The lowest BCUT2D eigenvalue weighted by Crippen LogP contribution is -2.44. The first-order valence-electron chi connectivity index (χ1n) is 10.6. The minimum Gasteiger partial charge on any atom is -0.341 e. The van der Waals surface area contributed by atoms with Crippen molar-refractivity contribution in [3.63, 3.8) is 0 Å². The Morgan fingerprint density at radius 3 is 2.29 bits per heavy atom. The van der Waals surface area contributed by atoms with E-state index in [-0.39, 0.29) is 11.8 Å². The van der Waals surface area contributed by atoms with E-state index in [1.165, 1.54) is 0 Å². The first-order valence-corrected chi connectivity index (χ1v) is 10.6. The molecule has 5 nitrogen and oxygen atoms in total. The van der Waals surface area contributed by atoms with Gasteiger partial charge < -0.3 is 9.80 Å². The highest BCUT2D eigenvalue weighted by atomic mass is 16.2. The van der Waals surface area contributed by atoms with Crippen molar-refractivity contribution in [3.8, 4) is 0 Å². The molecule has 1 heterocycles. The molecular formula is C23H37N3O2. The van der Waals surface area contributed by atoms with E-state index in [1.54, 1.807) is 0 Å². The number of carbonyl (C=O) groups excluding carboxylic acids is 2. The van der Waals surface area contributed by atoms with Crippen LogP contribution in [0.1, 0.15) is 50.0 Å². The summed E-state index contributed by atoms with van der Waals surface area (Å²) in [5.41, 5.74) is 1.85. The average molecular weight is 388 g/mol. The lowest BCUT2D eigenvalue weighted by molar-refractivity contribution is -0.133. The van der Waals surface area contributed by atoms with Gasteiger partial charge in [-0.2, -0.15) is 0 Å². The van der Waals surface area contributed by atoms with E-state index in [1.807, 2.05) is 41.0 Å². The minimum atomic E-state index is 0.0955. The highest BCUT2D eigenvalue weighted by molar-refractivity contribution is 5.94. The predicted octanol–water partition coefficient (Wildman–Crippen LogP) is 3.28. The van der Waals surface area contributed by atoms with Gasteiger partial charge in [0, 0.05) is 44.8 Å². The fourth-order valence-electron chi connectivity index (χ4n) is 3.74. The summed E-state index contributed by atoms with van der Waals surface area (Å²) in [6, 6.07) is 7.78. The molecule has 1 aromatic rings. The zero-order valence-electron chi connectivity index (χ0n) is 18.3. The van der Waals surface area contributed by atoms with Gasteiger partial charge in [-0.15, -0.1) is 0 Å². The lowest BCUT2D eigenvalue weighted by atomic mass is 10.1. The molecule has 156 valence electrons. The van der Waals surface area contributed by atoms with Crippen LogP contribution in [0.4, 0.5) is 0 Å². The number of aryl methyl sites for hydroxylation is 1. The third kappa shape index (κ3) is 6.93. The van der Waals surface area contributed by atoms with Gasteiger partial charge in [0.2, 0.25) is 5.91 Å². The fraction of sp³-hybridized carbons (Fsp3) is 0.652. The molecule has 0 saturated carbocycles. The molecule has 1 aliphatic heterocycles. The monoisotopic (exact) mass is 387 g/mol. The number of rotatable bonds is 7. The van der Waals surface area contributed by atoms with Crippen molar-refractivity contribution in [3.05, 3.63) is 35.4 Å². The molecule has 1 aliphatic rings. The molecule has 0 atom stereocenters. The van der Waals surface area contributed by atoms with Gasteiger partial charge in [-0.25, -0.2) is 0 Å². The molecule has 0 N–H and O–H groups in total. The summed E-state index contributed by atoms with van der Waals surface area (Å²) in [5.74, 6) is 1.24. The van der Waals surface area contributed by atoms with Gasteiger partial charge in [-0.1, -0.05) is 45.4 Å². The van der Waals surface area contributed by atoms with Crippen LogP contribution in [-0.4, -0.2) is 72.3 Å². The second-order valence-electron chi connectivity index (χ2n) is 8.88. The second-order valence-corrected chi connectivity index (χ2v) is 8.88. The Kier molecular flexibility index (Phi) is 8.49. The molecule has 28 heavy (non-hydrogen) atoms. The minimum absolute atomic E-state index is 0.0955. The zero-order chi connectivity index (χ0) is 20.7. The molecule has 1 saturated heterocycles. The summed E-state index contributed by atoms with van der Waals surface area (Å²) < 4.78 is 0. The SMILES string of the molecule is Cc1cccc(C(=O)N2CCCN(CC(=O)N(CC(C)C)CC(C)C)CC2)c1. The highest BCUT2D eigenvalue weighted by Gasteiger charge is 2.23. The van der Waals surface area contributed by atoms with Crippen molar-refractivity contribution < 1.29 is 9.59 Å². The van der Waals surface area contributed by atoms with E-state index < -0.39 is 0 Å². The van der Waals surface area contributed by atoms with Gasteiger partial charge in [-0.3, -0.25) is 14.5 Å². The molecule has 5 heteroatoms. The van der Waals surface area contributed by atoms with Gasteiger partial charge >= 0.3 is 0 Å². The second kappa shape index (κ2) is 10.6. The van der Waals surface area contributed by atoms with Crippen molar-refractivity contribution in [2.24, 2.45) is 11.8 Å². The van der Waals surface area contributed by atoms with Crippen LogP contribution < -0.4 is 0 Å². The fourth-order valence-corrected chi connectivity index (χ4v) is 3.74. The largest absolute Gasteiger partial charge is 0.341 e. The quantitative estimate of drug-likeness (QED) is 0.721. The van der Waals surface area contributed by atoms with Gasteiger partial charge in [0.05, 0.1) is 6.54 Å². The van der Waals surface area contributed by atoms with Crippen molar-refractivity contribution in [1.82, 2.24) is 14.7 Å². The highest BCUT2D eigenvalue weighted by Crippen LogP contribution is 2.12. The normalized spacial score (nSPS) is 15.8. The Balaban J connectivity index is 1.93. The number of hydrogen-bond donors (Lipinski definition) is 0. The van der Waals surface area contributed by atoms with Crippen molar-refractivity contribution in [2.45, 2.75) is 41.0 Å². The summed E-state index contributed by atoms with van der Waals surface area (Å²) in [5, 5.41) is 0. The molecule has 0 spiro atoms. The van der Waals surface area contributed by atoms with Crippen LogP contribution >= 0.6 is 0 Å². The van der Waals surface area contributed by atoms with E-state index in [9.17, 15) is 9.59 Å². The molecule has 1 fully saturated rings. The third-order valence-corrected chi connectivity index (χ3v) is 5.02. The lowest BCUT2D eigenvalue weighted by Gasteiger charge is -2.29. The van der Waals surface area contributed by atoms with Gasteiger partial charge in [-0.05, 0) is 37.3 Å². The Bertz CT molecular complexity index is 647. The van der Waals surface area contributed by atoms with Crippen LogP contribution in [0.5, 0.6) is 0 Å². The van der Waals surface area contributed by atoms with E-state index in [4.69, 9.17) is 0 Å². The molecule has 0 unspecified atom stereocenters. The maximum absolute atomic E-state index is 12.9. The smallest absolute Gasteiger partial charge is 0.253 e. The molecule has 0 aliphatic carbocycles. The Morgan fingerprint density at radius 1 is 1.00 bits per heavy atom. The topological polar surface area (TPSA) is 43.9 Å². The molecule has 1 aromatic carbocycles. The van der Waals surface area contributed by atoms with Gasteiger partial charge in [0.1, 0.15) is 0 Å². The van der Waals surface area contributed by atoms with E-state index in [0.29, 0.717) is 24.9 Å². The maximum Gasteiger partial charge on any atom is 0.253 e. The zero-order valence-corrected chi connectivity index (χ0v) is 18.3. The van der Waals surface area contributed by atoms with E-state index in [0.717, 1.165) is 50.3 Å². The first-order chi connectivity index (χ1) is 13.3. The number of benzene rings is 1. The average Bonchev–Trinajstić information content (AvgIpc) is 2.85. The maximum atomic E-state index is 12.9. The van der Waals surface area contributed by atoms with Crippen molar-refractivity contribution in [2.75, 3.05) is 45.8 Å². The molecule has 0 aromatic heterocycles. The van der Waals surface area contributed by atoms with Crippen LogP contribution in [0.25, 0.3) is 0 Å². The molecule has 0 radical (unpaired) electrons. The Morgan fingerprint density at radius 2 is 1.68 bits per heavy atom. The van der Waals surface area contributed by atoms with E-state index >= 15 is 0 Å². The summed E-state index contributed by atoms with van der Waals surface area (Å²) >= 11 is 0. The van der Waals surface area contributed by atoms with E-state index in [2.05, 4.69) is 32.6 Å². The van der Waals surface area contributed by atoms with Crippen molar-refractivity contribution >= 4 is 11.8 Å². The Labute approximate surface area is 170 Å². The summed E-state index contributed by atoms with van der Waals surface area (Å²) in [4.78, 5) is 31.8. The van der Waals surface area contributed by atoms with Crippen LogP contribution in [0.15, 0.2) is 24.3 Å². The summed E-state index contributed by atoms with van der Waals surface area (Å²) in [6.45, 7) is 15.7. The molecular weight excluding hydrogens is 350 g/mol. The van der Waals surface area contributed by atoms with Gasteiger partial charge in [0.25, 0.3) is 5.91 Å². The summed E-state index contributed by atoms with van der Waals surface area (Å²) in [7, 11) is 0. The predicted molar refractivity (Wildman–Crippen MR) is 114 cm³/mol. The standard InChI is InChI=1S/C23H37N3O2/c1-18(2)15-26(16-19(3)4)22(27)17-24-10-7-11-25(13-12-24)23(28)21-9-6-8-20(5)14-21/h6,8-9,14,18-19H,7,10-13,15-17H2,1-5H3. The van der Waals surface area contributed by atoms with Crippen LogP contribution in [-0.2, 0) is 4.79 Å². The molecule has 0 bridgehead atoms. The Hall–Kier alpha value is -1.88. The third-order valence-electron chi connectivity index (χ3n) is 5.02. The molecule has 2 rings (SSSR count). The van der Waals surface area contributed by atoms with Crippen LogP contribution in [0.2, 0.25) is 0 Å².